The average Bonchev–Trinajstić information content (AvgIpc) is 3.72. The van der Waals surface area contributed by atoms with Gasteiger partial charge in [0.05, 0.1) is 5.56 Å². The number of rotatable bonds is 6. The van der Waals surface area contributed by atoms with Gasteiger partial charge >= 0.3 is 12.1 Å². The number of benzene rings is 1. The summed E-state index contributed by atoms with van der Waals surface area (Å²) in [4.78, 5) is 38.6. The van der Waals surface area contributed by atoms with Gasteiger partial charge in [-0.3, -0.25) is 4.79 Å². The fourth-order valence-corrected chi connectivity index (χ4v) is 13.6. The van der Waals surface area contributed by atoms with Gasteiger partial charge < -0.3 is 20.5 Å². The lowest BCUT2D eigenvalue weighted by Gasteiger charge is -2.72. The second kappa shape index (κ2) is 12.0. The summed E-state index contributed by atoms with van der Waals surface area (Å²) in [6.45, 7) is 25.0. The Morgan fingerprint density at radius 3 is 2.10 bits per heavy atom. The molecule has 6 aliphatic carbocycles. The van der Waals surface area contributed by atoms with Crippen molar-refractivity contribution in [2.24, 2.45) is 51.2 Å². The molecule has 5 saturated carbocycles. The minimum Gasteiger partial charge on any atom is -0.478 e. The fourth-order valence-electron chi connectivity index (χ4n) is 13.6. The zero-order valence-corrected chi connectivity index (χ0v) is 33.3. The fraction of sp³-hybridized carbons (Fsp3) is 0.711. The monoisotopic (exact) mass is 712 g/mol. The van der Waals surface area contributed by atoms with Crippen molar-refractivity contribution < 1.29 is 24.2 Å². The van der Waals surface area contributed by atoms with Crippen molar-refractivity contribution in [2.75, 3.05) is 0 Å². The summed E-state index contributed by atoms with van der Waals surface area (Å²) in [5.74, 6) is 1.38. The van der Waals surface area contributed by atoms with Crippen molar-refractivity contribution in [3.63, 3.8) is 0 Å². The summed E-state index contributed by atoms with van der Waals surface area (Å²) >= 11 is 0. The van der Waals surface area contributed by atoms with Crippen LogP contribution in [0.4, 0.5) is 4.79 Å². The van der Waals surface area contributed by atoms with E-state index in [9.17, 15) is 19.5 Å². The van der Waals surface area contributed by atoms with E-state index < -0.39 is 23.2 Å². The third-order valence-corrected chi connectivity index (χ3v) is 16.4. The normalized spacial score (nSPS) is 39.7. The molecular weight excluding hydrogens is 649 g/mol. The van der Waals surface area contributed by atoms with Gasteiger partial charge in [-0.05, 0) is 173 Å². The smallest absolute Gasteiger partial charge is 0.408 e. The molecule has 0 saturated heterocycles. The molecule has 9 atom stereocenters. The molecule has 52 heavy (non-hydrogen) atoms. The zero-order chi connectivity index (χ0) is 37.9. The minimum absolute atomic E-state index is 0.0353. The minimum atomic E-state index is -0.886. The Morgan fingerprint density at radius 2 is 1.50 bits per heavy atom. The van der Waals surface area contributed by atoms with E-state index in [1.54, 1.807) is 12.1 Å². The van der Waals surface area contributed by atoms with Gasteiger partial charge in [0, 0.05) is 5.54 Å². The number of carbonyl (C=O) groups excluding carboxylic acids is 2. The maximum Gasteiger partial charge on any atom is 0.408 e. The van der Waals surface area contributed by atoms with E-state index in [0.29, 0.717) is 48.0 Å². The lowest BCUT2D eigenvalue weighted by molar-refractivity contribution is -0.219. The van der Waals surface area contributed by atoms with Crippen LogP contribution in [0.2, 0.25) is 0 Å². The summed E-state index contributed by atoms with van der Waals surface area (Å²) in [5, 5.41) is 16.2. The van der Waals surface area contributed by atoms with E-state index in [-0.39, 0.29) is 33.1 Å². The Morgan fingerprint density at radius 1 is 0.827 bits per heavy atom. The Bertz CT molecular complexity index is 1700. The molecule has 0 aromatic heterocycles. The first kappa shape index (κ1) is 37.2. The van der Waals surface area contributed by atoms with Crippen molar-refractivity contribution in [1.29, 1.82) is 0 Å². The van der Waals surface area contributed by atoms with Gasteiger partial charge in [-0.15, -0.1) is 0 Å². The molecule has 7 rings (SSSR count). The van der Waals surface area contributed by atoms with E-state index in [1.807, 2.05) is 32.9 Å². The van der Waals surface area contributed by atoms with Crippen LogP contribution >= 0.6 is 0 Å². The molecule has 3 N–H and O–H groups in total. The summed E-state index contributed by atoms with van der Waals surface area (Å²) in [6, 6.07) is 7.50. The zero-order valence-electron chi connectivity index (χ0n) is 33.3. The molecule has 1 aromatic carbocycles. The Kier molecular flexibility index (Phi) is 8.56. The van der Waals surface area contributed by atoms with Gasteiger partial charge in [-0.25, -0.2) is 9.59 Å². The van der Waals surface area contributed by atoms with Gasteiger partial charge in [0.25, 0.3) is 0 Å². The molecular formula is C45H64N2O5. The van der Waals surface area contributed by atoms with Gasteiger partial charge in [0.2, 0.25) is 5.91 Å². The van der Waals surface area contributed by atoms with Crippen LogP contribution in [-0.4, -0.2) is 39.8 Å². The number of fused-ring (bicyclic) bond motifs is 7. The van der Waals surface area contributed by atoms with E-state index in [4.69, 9.17) is 4.74 Å². The summed E-state index contributed by atoms with van der Waals surface area (Å²) < 4.78 is 5.57. The average molecular weight is 713 g/mol. The maximum absolute atomic E-state index is 14.2. The van der Waals surface area contributed by atoms with E-state index in [2.05, 4.69) is 64.8 Å². The van der Waals surface area contributed by atoms with Crippen LogP contribution in [-0.2, 0) is 9.53 Å². The number of nitrogens with one attached hydrogen (secondary N) is 2. The second-order valence-corrected chi connectivity index (χ2v) is 20.4. The second-order valence-electron chi connectivity index (χ2n) is 20.4. The summed E-state index contributed by atoms with van der Waals surface area (Å²) in [5.41, 5.74) is 2.71. The Hall–Kier alpha value is -3.09. The number of amides is 2. The number of hydrogen-bond donors (Lipinski definition) is 3. The summed E-state index contributed by atoms with van der Waals surface area (Å²) in [7, 11) is 0. The van der Waals surface area contributed by atoms with E-state index in [1.165, 1.54) is 36.8 Å². The lowest BCUT2D eigenvalue weighted by Crippen LogP contribution is -2.69. The van der Waals surface area contributed by atoms with Crippen molar-refractivity contribution in [2.45, 2.75) is 150 Å². The maximum atomic E-state index is 14.2. The molecule has 0 heterocycles. The molecule has 7 heteroatoms. The Labute approximate surface area is 312 Å². The molecule has 6 aliphatic rings. The number of ether oxygens (including phenoxy) is 1. The number of carboxylic acid groups (broad SMARTS) is 1. The first-order chi connectivity index (χ1) is 24.1. The SMILES string of the molecule is C=C(C)[C@@H]1CC[C@]2(NC(=O)C3(NC(=O)OC(C)(C)C)CC3)CC[C@]3(C)[C@H](CCC4[C@@]5(C)CC=C(c6ccc(C(=O)O)cc6)C(C)(C)C5CC[C@]43C)C12. The largest absolute Gasteiger partial charge is 0.478 e. The van der Waals surface area contributed by atoms with Crippen molar-refractivity contribution in [3.05, 3.63) is 53.6 Å². The molecule has 2 amide bonds. The number of aromatic carboxylic acids is 1. The van der Waals surface area contributed by atoms with Crippen LogP contribution in [0.3, 0.4) is 0 Å². The quantitative estimate of drug-likeness (QED) is 0.255. The van der Waals surface area contributed by atoms with Crippen LogP contribution in [0.25, 0.3) is 5.57 Å². The number of carbonyl (C=O) groups is 3. The van der Waals surface area contributed by atoms with Crippen LogP contribution in [0.5, 0.6) is 0 Å². The lowest BCUT2D eigenvalue weighted by atomic mass is 9.33. The van der Waals surface area contributed by atoms with Crippen molar-refractivity contribution in [3.8, 4) is 0 Å². The van der Waals surface area contributed by atoms with E-state index >= 15 is 0 Å². The third-order valence-electron chi connectivity index (χ3n) is 16.4. The molecule has 0 bridgehead atoms. The van der Waals surface area contributed by atoms with Crippen LogP contribution in [0.15, 0.2) is 42.5 Å². The van der Waals surface area contributed by atoms with Gasteiger partial charge in [0.1, 0.15) is 11.1 Å². The number of allylic oxidation sites excluding steroid dienone is 3. The molecule has 7 nitrogen and oxygen atoms in total. The number of alkyl carbamates (subject to hydrolysis) is 1. The first-order valence-corrected chi connectivity index (χ1v) is 20.2. The van der Waals surface area contributed by atoms with Gasteiger partial charge in [-0.2, -0.15) is 0 Å². The third kappa shape index (κ3) is 5.51. The van der Waals surface area contributed by atoms with Crippen molar-refractivity contribution in [1.82, 2.24) is 10.6 Å². The van der Waals surface area contributed by atoms with Crippen LogP contribution in [0.1, 0.15) is 149 Å². The topological polar surface area (TPSA) is 105 Å². The van der Waals surface area contributed by atoms with Crippen molar-refractivity contribution >= 4 is 23.5 Å². The predicted molar refractivity (Wildman–Crippen MR) is 206 cm³/mol. The highest BCUT2D eigenvalue weighted by Crippen LogP contribution is 2.76. The highest BCUT2D eigenvalue weighted by Gasteiger charge is 2.71. The summed E-state index contributed by atoms with van der Waals surface area (Å²) in [6.07, 6.45) is 13.1. The van der Waals surface area contributed by atoms with E-state index in [0.717, 1.165) is 37.7 Å². The molecule has 5 fully saturated rings. The number of carboxylic acids is 1. The standard InChI is InChI=1S/C45H64N2O5/c1-27(2)30-17-22-44(46-37(50)45(25-26-45)47-38(51)52-39(3,4)5)24-23-42(9)32(35(30)44)15-16-34-41(8)20-18-31(28-11-13-29(14-12-28)36(48)49)40(6,7)33(41)19-21-43(34,42)10/h11-14,18,30,32-35H,1,15-17,19-26H2,2-10H3,(H,46,50)(H,47,51)(H,48,49)/t30-,32+,33?,34?,35?,41-,42+,43+,44-/m0/s1. The van der Waals surface area contributed by atoms with Gasteiger partial charge in [0.15, 0.2) is 0 Å². The molecule has 3 unspecified atom stereocenters. The highest BCUT2D eigenvalue weighted by molar-refractivity contribution is 5.93. The predicted octanol–water partition coefficient (Wildman–Crippen LogP) is 9.96. The first-order valence-electron chi connectivity index (χ1n) is 20.2. The van der Waals surface area contributed by atoms with Crippen LogP contribution in [0, 0.1) is 51.2 Å². The molecule has 284 valence electrons. The molecule has 0 radical (unpaired) electrons. The molecule has 0 spiro atoms. The van der Waals surface area contributed by atoms with Gasteiger partial charge in [-0.1, -0.05) is 65.0 Å². The Balaban J connectivity index is 1.17. The molecule has 0 aliphatic heterocycles. The number of hydrogen-bond acceptors (Lipinski definition) is 4. The highest BCUT2D eigenvalue weighted by atomic mass is 16.6. The molecule has 1 aromatic rings. The van der Waals surface area contributed by atoms with Crippen LogP contribution < -0.4 is 10.6 Å².